The number of aliphatic carboxylic acids is 1. The van der Waals surface area contributed by atoms with E-state index >= 15 is 0 Å². The molecule has 0 fully saturated rings. The van der Waals surface area contributed by atoms with Crippen molar-refractivity contribution in [2.45, 2.75) is 32.2 Å². The summed E-state index contributed by atoms with van der Waals surface area (Å²) in [5.41, 5.74) is 5.76. The van der Waals surface area contributed by atoms with Crippen molar-refractivity contribution in [3.8, 4) is 11.5 Å². The summed E-state index contributed by atoms with van der Waals surface area (Å²) in [6.45, 7) is 2.25. The molecule has 0 aliphatic heterocycles. The molecule has 0 heterocycles. The Hall–Kier alpha value is -6.12. The predicted molar refractivity (Wildman–Crippen MR) is 171 cm³/mol. The maximum atomic E-state index is 12.7. The van der Waals surface area contributed by atoms with E-state index in [1.54, 1.807) is 13.0 Å². The van der Waals surface area contributed by atoms with Crippen LogP contribution in [0.25, 0.3) is 0 Å². The van der Waals surface area contributed by atoms with Crippen LogP contribution in [0.3, 0.4) is 0 Å². The molecule has 1 atom stereocenters. The van der Waals surface area contributed by atoms with Crippen LogP contribution in [-0.4, -0.2) is 88.8 Å². The lowest BCUT2D eigenvalue weighted by Gasteiger charge is -2.29. The van der Waals surface area contributed by atoms with Crippen LogP contribution in [-0.2, 0) is 25.5 Å². The molecule has 15 nitrogen and oxygen atoms in total. The third-order valence-corrected chi connectivity index (χ3v) is 7.12. The normalized spacial score (nSPS) is 11.1. The molecule has 0 aromatic heterocycles. The quantitative estimate of drug-likeness (QED) is 0.117. The molecule has 4 amide bonds. The fraction of sp³-hybridized carbons (Fsp3) is 0.273. The summed E-state index contributed by atoms with van der Waals surface area (Å²) in [5, 5.41) is 31.8. The van der Waals surface area contributed by atoms with Crippen LogP contribution < -0.4 is 20.7 Å². The Kier molecular flexibility index (Phi) is 12.9. The second-order valence-electron chi connectivity index (χ2n) is 10.3. The number of carboxylic acid groups (broad SMARTS) is 2. The van der Waals surface area contributed by atoms with Crippen molar-refractivity contribution >= 4 is 47.1 Å². The zero-order valence-electron chi connectivity index (χ0n) is 26.3. The van der Waals surface area contributed by atoms with E-state index in [2.05, 4.69) is 5.32 Å². The van der Waals surface area contributed by atoms with Gasteiger partial charge in [-0.25, -0.2) is 14.4 Å². The van der Waals surface area contributed by atoms with Crippen molar-refractivity contribution in [3.63, 3.8) is 0 Å². The first-order valence-electron chi connectivity index (χ1n) is 14.8. The third-order valence-electron chi connectivity index (χ3n) is 7.12. The highest BCUT2D eigenvalue weighted by Gasteiger charge is 2.30. The average molecular weight is 665 g/mol. The Morgan fingerprint density at radius 3 is 2.21 bits per heavy atom. The lowest BCUT2D eigenvalue weighted by atomic mass is 10.0. The molecule has 0 saturated carbocycles. The molecular weight excluding hydrogens is 628 g/mol. The van der Waals surface area contributed by atoms with Crippen molar-refractivity contribution < 1.29 is 53.6 Å². The lowest BCUT2D eigenvalue weighted by molar-refractivity contribution is -0.148. The molecule has 0 spiro atoms. The van der Waals surface area contributed by atoms with E-state index in [1.807, 2.05) is 0 Å². The number of carboxylic acids is 2. The Morgan fingerprint density at radius 2 is 1.60 bits per heavy atom. The zero-order chi connectivity index (χ0) is 35.4. The number of aromatic carboxylic acids is 1. The number of rotatable bonds is 15. The van der Waals surface area contributed by atoms with Gasteiger partial charge in [0, 0.05) is 25.2 Å². The van der Waals surface area contributed by atoms with Gasteiger partial charge in [0.05, 0.1) is 25.0 Å². The Balaban J connectivity index is 1.75. The Morgan fingerprint density at radius 1 is 0.917 bits per heavy atom. The van der Waals surface area contributed by atoms with Gasteiger partial charge in [-0.1, -0.05) is 30.3 Å². The van der Waals surface area contributed by atoms with E-state index < -0.39 is 41.8 Å². The number of hydrogen-bond donors (Lipinski definition) is 5. The summed E-state index contributed by atoms with van der Waals surface area (Å²) in [6.07, 6.45) is -0.170. The number of nitrogens with two attached hydrogens (primary N) is 1. The molecule has 254 valence electrons. The predicted octanol–water partition coefficient (Wildman–Crippen LogP) is 2.91. The summed E-state index contributed by atoms with van der Waals surface area (Å²) in [7, 11) is 1.15. The van der Waals surface area contributed by atoms with Crippen LogP contribution in [0.5, 0.6) is 11.5 Å². The molecule has 0 saturated heterocycles. The molecule has 3 aromatic carbocycles. The summed E-state index contributed by atoms with van der Waals surface area (Å²) in [4.78, 5) is 75.6. The highest BCUT2D eigenvalue weighted by atomic mass is 16.5. The second-order valence-corrected chi connectivity index (χ2v) is 10.3. The number of ether oxygens (including phenoxy) is 2. The number of carbonyl (C=O) groups excluding carboxylic acids is 4. The number of aromatic hydroxyl groups is 1. The fourth-order valence-corrected chi connectivity index (χ4v) is 4.85. The largest absolute Gasteiger partial charge is 0.507 e. The first kappa shape index (κ1) is 36.3. The number of phenolic OH excluding ortho intramolecular Hbond substituents is 1. The topological polar surface area (TPSA) is 226 Å². The zero-order valence-corrected chi connectivity index (χ0v) is 26.3. The number of benzene rings is 3. The van der Waals surface area contributed by atoms with Crippen LogP contribution in [0.4, 0.5) is 16.2 Å². The maximum Gasteiger partial charge on any atom is 0.410 e. The first-order valence-corrected chi connectivity index (χ1v) is 14.8. The van der Waals surface area contributed by atoms with Gasteiger partial charge in [0.2, 0.25) is 5.91 Å². The SMILES string of the molecule is CCNC(=O)c1c(O)cccc1OCCCCN(C(=O)OC)[C@@H](Cc1ccc(N(C(=O)C(=O)O)c2ccccc2C(=O)O)cc1)C(N)=O. The molecule has 0 bridgehead atoms. The minimum atomic E-state index is -1.81. The number of primary amides is 1. The second kappa shape index (κ2) is 17.0. The highest BCUT2D eigenvalue weighted by molar-refractivity contribution is 6.39. The van der Waals surface area contributed by atoms with Gasteiger partial charge >= 0.3 is 23.9 Å². The van der Waals surface area contributed by atoms with Crippen LogP contribution >= 0.6 is 0 Å². The van der Waals surface area contributed by atoms with E-state index in [0.29, 0.717) is 24.9 Å². The summed E-state index contributed by atoms with van der Waals surface area (Å²) in [6, 6.07) is 14.4. The van der Waals surface area contributed by atoms with Crippen LogP contribution in [0, 0.1) is 0 Å². The number of hydrogen-bond acceptors (Lipinski definition) is 9. The molecule has 0 unspecified atom stereocenters. The van der Waals surface area contributed by atoms with Crippen LogP contribution in [0.1, 0.15) is 46.0 Å². The van der Waals surface area contributed by atoms with Gasteiger partial charge in [0.1, 0.15) is 23.1 Å². The first-order chi connectivity index (χ1) is 22.9. The van der Waals surface area contributed by atoms with Crippen molar-refractivity contribution in [1.82, 2.24) is 10.2 Å². The summed E-state index contributed by atoms with van der Waals surface area (Å²) in [5.74, 6) is -5.95. The van der Waals surface area contributed by atoms with Gasteiger partial charge in [0.25, 0.3) is 5.91 Å². The van der Waals surface area contributed by atoms with Crippen molar-refractivity contribution in [2.24, 2.45) is 5.73 Å². The number of nitrogens with zero attached hydrogens (tertiary/aromatic N) is 2. The van der Waals surface area contributed by atoms with Crippen LogP contribution in [0.15, 0.2) is 66.7 Å². The van der Waals surface area contributed by atoms with Gasteiger partial charge < -0.3 is 35.8 Å². The van der Waals surface area contributed by atoms with Gasteiger partial charge in [-0.15, -0.1) is 0 Å². The molecule has 0 radical (unpaired) electrons. The number of anilines is 2. The van der Waals surface area contributed by atoms with Gasteiger partial charge in [-0.05, 0) is 61.7 Å². The maximum absolute atomic E-state index is 12.7. The summed E-state index contributed by atoms with van der Waals surface area (Å²) >= 11 is 0. The average Bonchev–Trinajstić information content (AvgIpc) is 3.06. The number of phenols is 1. The minimum Gasteiger partial charge on any atom is -0.507 e. The highest BCUT2D eigenvalue weighted by Crippen LogP contribution is 2.30. The van der Waals surface area contributed by atoms with Crippen molar-refractivity contribution in [2.75, 3.05) is 31.7 Å². The number of nitrogens with one attached hydrogen (secondary N) is 1. The van der Waals surface area contributed by atoms with Gasteiger partial charge in [-0.3, -0.25) is 24.2 Å². The lowest BCUT2D eigenvalue weighted by Crippen LogP contribution is -2.49. The molecule has 15 heteroatoms. The van der Waals surface area contributed by atoms with E-state index in [0.717, 1.165) is 16.9 Å². The molecular formula is C33H36N4O11. The smallest absolute Gasteiger partial charge is 0.410 e. The molecule has 0 aliphatic carbocycles. The summed E-state index contributed by atoms with van der Waals surface area (Å²) < 4.78 is 10.6. The van der Waals surface area contributed by atoms with Crippen molar-refractivity contribution in [3.05, 3.63) is 83.4 Å². The van der Waals surface area contributed by atoms with Gasteiger partial charge in [-0.2, -0.15) is 0 Å². The number of para-hydroxylation sites is 1. The standard InChI is InChI=1S/C33H36N4O11/c1-3-35-29(40)27-25(38)11-8-12-26(27)48-18-7-6-17-36(33(46)47-2)24(28(34)39)19-20-13-15-21(16-14-20)37(30(41)32(44)45)23-10-5-4-9-22(23)31(42)43/h4-5,8-16,24,38H,3,6-7,17-19H2,1-2H3,(H2,34,39)(H,35,40)(H,42,43)(H,44,45)/t24-/m0/s1. The van der Waals surface area contributed by atoms with Crippen LogP contribution in [0.2, 0.25) is 0 Å². The van der Waals surface area contributed by atoms with Crippen molar-refractivity contribution in [1.29, 1.82) is 0 Å². The molecule has 6 N–H and O–H groups in total. The molecule has 3 rings (SSSR count). The number of carbonyl (C=O) groups is 6. The molecule has 3 aromatic rings. The fourth-order valence-electron chi connectivity index (χ4n) is 4.85. The van der Waals surface area contributed by atoms with E-state index in [9.17, 15) is 44.1 Å². The Labute approximate surface area is 275 Å². The number of amides is 4. The monoisotopic (exact) mass is 664 g/mol. The number of unbranched alkanes of at least 4 members (excludes halogenated alkanes) is 1. The van der Waals surface area contributed by atoms with E-state index in [-0.39, 0.29) is 53.6 Å². The van der Waals surface area contributed by atoms with E-state index in [1.165, 1.54) is 60.7 Å². The molecule has 0 aliphatic rings. The minimum absolute atomic E-state index is 0.00288. The molecule has 48 heavy (non-hydrogen) atoms. The number of methoxy groups -OCH3 is 1. The Bertz CT molecular complexity index is 1660. The van der Waals surface area contributed by atoms with Gasteiger partial charge in [0.15, 0.2) is 0 Å². The van der Waals surface area contributed by atoms with E-state index in [4.69, 9.17) is 15.2 Å². The third kappa shape index (κ3) is 8.99.